The predicted octanol–water partition coefficient (Wildman–Crippen LogP) is 12.7. The van der Waals surface area contributed by atoms with Crippen LogP contribution in [0.15, 0.2) is 60.8 Å². The van der Waals surface area contributed by atoms with E-state index in [1.807, 2.05) is 12.2 Å². The van der Waals surface area contributed by atoms with Crippen LogP contribution in [0.1, 0.15) is 239 Å². The van der Waals surface area contributed by atoms with Crippen LogP contribution in [0.3, 0.4) is 0 Å². The minimum Gasteiger partial charge on any atom is -0.454 e. The average molecular weight is 988 g/mol. The van der Waals surface area contributed by atoms with E-state index in [1.54, 1.807) is 6.08 Å². The molecule has 0 saturated carbocycles. The molecule has 1 amide bonds. The van der Waals surface area contributed by atoms with Crippen LogP contribution in [-0.2, 0) is 23.8 Å². The van der Waals surface area contributed by atoms with E-state index in [4.69, 9.17) is 14.2 Å². The topological polar surface area (TPSA) is 175 Å². The number of nitrogens with one attached hydrogen (secondary N) is 1. The van der Waals surface area contributed by atoms with E-state index < -0.39 is 67.4 Å². The summed E-state index contributed by atoms with van der Waals surface area (Å²) in [6.07, 6.45) is 46.9. The van der Waals surface area contributed by atoms with Crippen molar-refractivity contribution in [1.82, 2.24) is 5.32 Å². The van der Waals surface area contributed by atoms with Crippen molar-refractivity contribution in [2.45, 2.75) is 288 Å². The fraction of sp³-hybridized carbons (Fsp3) is 0.797. The SMILES string of the molecule is CC/C=C/C=C/C=C/CCCCCCCCCC(=O)OC1C(OCC(NC(=O)C(O)CCCCCCCC/C=C\CCCCCC)C(O)/C=C/CCCCCCCCCCCC)OC(CO)C(O)C1O. The van der Waals surface area contributed by atoms with Gasteiger partial charge in [-0.3, -0.25) is 9.59 Å². The zero-order chi connectivity index (χ0) is 51.1. The summed E-state index contributed by atoms with van der Waals surface area (Å²) in [5, 5.41) is 56.8. The van der Waals surface area contributed by atoms with Crippen LogP contribution in [-0.4, -0.2) is 99.6 Å². The van der Waals surface area contributed by atoms with Crippen LogP contribution in [0.5, 0.6) is 0 Å². The number of allylic oxidation sites excluding steroid dienone is 9. The molecular formula is C59H105NO10. The quantitative estimate of drug-likeness (QED) is 0.0149. The Hall–Kier alpha value is -2.64. The van der Waals surface area contributed by atoms with Crippen LogP contribution in [0.25, 0.3) is 0 Å². The van der Waals surface area contributed by atoms with Gasteiger partial charge in [0.1, 0.15) is 24.4 Å². The van der Waals surface area contributed by atoms with Gasteiger partial charge in [-0.2, -0.15) is 0 Å². The molecular weight excluding hydrogens is 883 g/mol. The molecule has 1 fully saturated rings. The van der Waals surface area contributed by atoms with Crippen molar-refractivity contribution in [2.75, 3.05) is 13.2 Å². The molecule has 406 valence electrons. The molecule has 11 heteroatoms. The number of hydrogen-bond acceptors (Lipinski definition) is 10. The third-order valence-corrected chi connectivity index (χ3v) is 13.2. The molecule has 1 heterocycles. The Balaban J connectivity index is 2.75. The van der Waals surface area contributed by atoms with Gasteiger partial charge in [0.2, 0.25) is 5.91 Å². The van der Waals surface area contributed by atoms with Crippen molar-refractivity contribution in [2.24, 2.45) is 0 Å². The van der Waals surface area contributed by atoms with Crippen LogP contribution >= 0.6 is 0 Å². The summed E-state index contributed by atoms with van der Waals surface area (Å²) in [6.45, 7) is 5.62. The van der Waals surface area contributed by atoms with Crippen LogP contribution in [0.4, 0.5) is 0 Å². The first kappa shape index (κ1) is 65.4. The zero-order valence-corrected chi connectivity index (χ0v) is 44.6. The molecule has 0 bridgehead atoms. The molecule has 8 unspecified atom stereocenters. The molecule has 0 aliphatic carbocycles. The fourth-order valence-electron chi connectivity index (χ4n) is 8.64. The summed E-state index contributed by atoms with van der Waals surface area (Å²) in [5.74, 6) is -1.21. The first-order valence-corrected chi connectivity index (χ1v) is 28.6. The highest BCUT2D eigenvalue weighted by Gasteiger charge is 2.47. The summed E-state index contributed by atoms with van der Waals surface area (Å²) in [5.41, 5.74) is 0. The lowest BCUT2D eigenvalue weighted by Gasteiger charge is -2.41. The summed E-state index contributed by atoms with van der Waals surface area (Å²) in [4.78, 5) is 26.4. The maximum atomic E-state index is 13.4. The minimum absolute atomic E-state index is 0.108. The Morgan fingerprint density at radius 3 is 1.59 bits per heavy atom. The molecule has 0 radical (unpaired) electrons. The van der Waals surface area contributed by atoms with Gasteiger partial charge in [0, 0.05) is 6.42 Å². The third kappa shape index (κ3) is 35.5. The normalized spacial score (nSPS) is 20.1. The Morgan fingerprint density at radius 2 is 1.04 bits per heavy atom. The Labute approximate surface area is 427 Å². The smallest absolute Gasteiger partial charge is 0.306 e. The Bertz CT molecular complexity index is 1370. The zero-order valence-electron chi connectivity index (χ0n) is 44.6. The van der Waals surface area contributed by atoms with E-state index in [0.29, 0.717) is 12.8 Å². The molecule has 0 aromatic heterocycles. The maximum absolute atomic E-state index is 13.4. The highest BCUT2D eigenvalue weighted by molar-refractivity contribution is 5.80. The highest BCUT2D eigenvalue weighted by atomic mass is 16.7. The van der Waals surface area contributed by atoms with Crippen LogP contribution in [0.2, 0.25) is 0 Å². The number of carbonyl (C=O) groups is 2. The maximum Gasteiger partial charge on any atom is 0.306 e. The Kier molecular flexibility index (Phi) is 44.2. The monoisotopic (exact) mass is 988 g/mol. The van der Waals surface area contributed by atoms with Crippen molar-refractivity contribution < 1.29 is 49.3 Å². The summed E-state index contributed by atoms with van der Waals surface area (Å²) in [7, 11) is 0. The molecule has 70 heavy (non-hydrogen) atoms. The molecule has 11 nitrogen and oxygen atoms in total. The summed E-state index contributed by atoms with van der Waals surface area (Å²) >= 11 is 0. The first-order chi connectivity index (χ1) is 34.2. The average Bonchev–Trinajstić information content (AvgIpc) is 3.36. The molecule has 0 spiro atoms. The fourth-order valence-corrected chi connectivity index (χ4v) is 8.64. The van der Waals surface area contributed by atoms with Gasteiger partial charge in [0.05, 0.1) is 25.4 Å². The van der Waals surface area contributed by atoms with E-state index in [2.05, 4.69) is 68.6 Å². The van der Waals surface area contributed by atoms with Crippen molar-refractivity contribution in [3.63, 3.8) is 0 Å². The van der Waals surface area contributed by atoms with Gasteiger partial charge in [-0.25, -0.2) is 0 Å². The van der Waals surface area contributed by atoms with Gasteiger partial charge < -0.3 is 45.1 Å². The standard InChI is InChI=1S/C59H105NO10/c1-4-7-10-13-16-19-22-25-27-29-32-35-38-41-44-47-54(64)70-57-56(66)55(65)53(48-61)69-59(57)68-49-50(51(62)45-42-39-36-33-30-24-21-18-15-12-9-6-3)60-58(67)52(63)46-43-40-37-34-31-28-26-23-20-17-14-11-8-5-2/h7,10,13,16,19-20,22-23,42,45,50-53,55-57,59,61-63,65-66H,4-6,8-9,11-12,14-15,17-18,21,24-41,43-44,46-49H2,1-3H3,(H,60,67)/b10-7+,16-13+,22-19+,23-20-,45-42+. The van der Waals surface area contributed by atoms with Crippen LogP contribution < -0.4 is 5.32 Å². The van der Waals surface area contributed by atoms with E-state index >= 15 is 0 Å². The summed E-state index contributed by atoms with van der Waals surface area (Å²) in [6, 6.07) is -1.03. The number of unbranched alkanes of at least 4 members (excludes halogenated alkanes) is 27. The van der Waals surface area contributed by atoms with Gasteiger partial charge in [-0.1, -0.05) is 223 Å². The Morgan fingerprint density at radius 1 is 0.571 bits per heavy atom. The largest absolute Gasteiger partial charge is 0.454 e. The molecule has 1 saturated heterocycles. The second-order valence-corrected chi connectivity index (χ2v) is 19.7. The lowest BCUT2D eigenvalue weighted by molar-refractivity contribution is -0.305. The first-order valence-electron chi connectivity index (χ1n) is 28.6. The second kappa shape index (κ2) is 47.4. The molecule has 1 aliphatic heterocycles. The van der Waals surface area contributed by atoms with Crippen LogP contribution in [0, 0.1) is 0 Å². The van der Waals surface area contributed by atoms with Crippen molar-refractivity contribution in [3.05, 3.63) is 60.8 Å². The number of hydrogen-bond donors (Lipinski definition) is 6. The lowest BCUT2D eigenvalue weighted by Crippen LogP contribution is -2.61. The molecule has 0 aromatic carbocycles. The van der Waals surface area contributed by atoms with E-state index in [-0.39, 0.29) is 19.4 Å². The lowest BCUT2D eigenvalue weighted by atomic mass is 9.99. The van der Waals surface area contributed by atoms with Crippen molar-refractivity contribution in [3.8, 4) is 0 Å². The van der Waals surface area contributed by atoms with E-state index in [1.165, 1.54) is 89.9 Å². The molecule has 1 rings (SSSR count). The van der Waals surface area contributed by atoms with E-state index in [0.717, 1.165) is 103 Å². The van der Waals surface area contributed by atoms with E-state index in [9.17, 15) is 35.1 Å². The number of ether oxygens (including phenoxy) is 3. The third-order valence-electron chi connectivity index (χ3n) is 13.2. The summed E-state index contributed by atoms with van der Waals surface area (Å²) < 4.78 is 17.6. The van der Waals surface area contributed by atoms with Gasteiger partial charge in [0.15, 0.2) is 12.4 Å². The van der Waals surface area contributed by atoms with Crippen molar-refractivity contribution in [1.29, 1.82) is 0 Å². The predicted molar refractivity (Wildman–Crippen MR) is 287 cm³/mol. The molecule has 6 N–H and O–H groups in total. The number of rotatable bonds is 47. The highest BCUT2D eigenvalue weighted by Crippen LogP contribution is 2.26. The van der Waals surface area contributed by atoms with Gasteiger partial charge in [0.25, 0.3) is 0 Å². The molecule has 0 aromatic rings. The van der Waals surface area contributed by atoms with Gasteiger partial charge >= 0.3 is 5.97 Å². The minimum atomic E-state index is -1.62. The molecule has 8 atom stereocenters. The van der Waals surface area contributed by atoms with Gasteiger partial charge in [-0.05, 0) is 70.6 Å². The molecule has 1 aliphatic rings. The number of amides is 1. The number of carbonyl (C=O) groups excluding carboxylic acids is 2. The van der Waals surface area contributed by atoms with Crippen molar-refractivity contribution >= 4 is 11.9 Å². The second-order valence-electron chi connectivity index (χ2n) is 19.7. The number of esters is 1. The number of aliphatic hydroxyl groups excluding tert-OH is 5. The number of aliphatic hydroxyl groups is 5. The van der Waals surface area contributed by atoms with Gasteiger partial charge in [-0.15, -0.1) is 0 Å².